The zero-order valence-corrected chi connectivity index (χ0v) is 16.6. The highest BCUT2D eigenvalue weighted by Crippen LogP contribution is 2.29. The average Bonchev–Trinajstić information content (AvgIpc) is 2.69. The third-order valence-corrected chi connectivity index (χ3v) is 5.17. The summed E-state index contributed by atoms with van der Waals surface area (Å²) in [4.78, 5) is 11.9. The summed E-state index contributed by atoms with van der Waals surface area (Å²) in [6.45, 7) is 7.63. The van der Waals surface area contributed by atoms with Gasteiger partial charge in [-0.2, -0.15) is 0 Å². The number of carbonyl (C=O) groups is 1. The Morgan fingerprint density at radius 2 is 1.71 bits per heavy atom. The van der Waals surface area contributed by atoms with E-state index in [4.69, 9.17) is 9.47 Å². The minimum atomic E-state index is -0.371. The van der Waals surface area contributed by atoms with Gasteiger partial charge in [0.25, 0.3) is 0 Å². The number of hydrogen-bond acceptors (Lipinski definition) is 4. The molecule has 0 radical (unpaired) electrons. The van der Waals surface area contributed by atoms with Crippen LogP contribution in [0.25, 0.3) is 11.1 Å². The number of esters is 1. The topological polar surface area (TPSA) is 55.8 Å². The van der Waals surface area contributed by atoms with Crippen molar-refractivity contribution in [1.29, 1.82) is 0 Å². The number of benzene rings is 2. The summed E-state index contributed by atoms with van der Waals surface area (Å²) < 4.78 is 11.6. The quantitative estimate of drug-likeness (QED) is 0.545. The van der Waals surface area contributed by atoms with Gasteiger partial charge >= 0.3 is 5.97 Å². The molecule has 0 heterocycles. The van der Waals surface area contributed by atoms with Crippen LogP contribution in [0.4, 0.5) is 0 Å². The van der Waals surface area contributed by atoms with Gasteiger partial charge in [0.05, 0.1) is 12.7 Å². The molecular formula is C24H28O4. The van der Waals surface area contributed by atoms with Crippen LogP contribution in [0.1, 0.15) is 43.7 Å². The molecule has 1 N–H and O–H groups in total. The highest BCUT2D eigenvalue weighted by molar-refractivity contribution is 5.87. The molecule has 3 rings (SSSR count). The van der Waals surface area contributed by atoms with E-state index >= 15 is 0 Å². The Kier molecular flexibility index (Phi) is 6.53. The Morgan fingerprint density at radius 3 is 2.39 bits per heavy atom. The highest BCUT2D eigenvalue weighted by Gasteiger charge is 2.29. The second-order valence-corrected chi connectivity index (χ2v) is 7.57. The molecule has 4 heteroatoms. The lowest BCUT2D eigenvalue weighted by Gasteiger charge is -2.31. The van der Waals surface area contributed by atoms with Gasteiger partial charge < -0.3 is 14.6 Å². The van der Waals surface area contributed by atoms with Gasteiger partial charge in [0, 0.05) is 11.1 Å². The van der Waals surface area contributed by atoms with Gasteiger partial charge in [0.2, 0.25) is 0 Å². The molecule has 4 nitrogen and oxygen atoms in total. The molecule has 2 aromatic rings. The number of hydrogen-bond donors (Lipinski definition) is 1. The van der Waals surface area contributed by atoms with Crippen molar-refractivity contribution in [2.24, 2.45) is 0 Å². The third kappa shape index (κ3) is 5.02. The summed E-state index contributed by atoms with van der Waals surface area (Å²) in [5, 5.41) is 10.3. The van der Waals surface area contributed by atoms with Crippen LogP contribution >= 0.6 is 0 Å². The predicted octanol–water partition coefficient (Wildman–Crippen LogP) is 5.31. The van der Waals surface area contributed by atoms with Crippen LogP contribution in [0.3, 0.4) is 0 Å². The van der Waals surface area contributed by atoms with Crippen molar-refractivity contribution in [3.8, 4) is 16.9 Å². The molecule has 0 aromatic heterocycles. The number of aromatic hydroxyl groups is 1. The van der Waals surface area contributed by atoms with Crippen molar-refractivity contribution in [1.82, 2.24) is 0 Å². The monoisotopic (exact) mass is 380 g/mol. The molecule has 0 amide bonds. The van der Waals surface area contributed by atoms with Crippen LogP contribution in [-0.4, -0.2) is 23.3 Å². The van der Waals surface area contributed by atoms with Crippen molar-refractivity contribution in [3.63, 3.8) is 0 Å². The largest absolute Gasteiger partial charge is 0.508 e. The SMILES string of the molecule is C=C(C)C(=O)OC1CCCCC1OCc1cc(-c2ccc(C)cc2)ccc1O. The number of phenolic OH excluding ortho intramolecular Hbond substituents is 1. The molecule has 0 saturated heterocycles. The Bertz CT molecular complexity index is 838. The van der Waals surface area contributed by atoms with E-state index in [0.717, 1.165) is 42.4 Å². The Labute approximate surface area is 166 Å². The summed E-state index contributed by atoms with van der Waals surface area (Å²) in [6.07, 6.45) is 3.26. The summed E-state index contributed by atoms with van der Waals surface area (Å²) in [7, 11) is 0. The smallest absolute Gasteiger partial charge is 0.333 e. The molecular weight excluding hydrogens is 352 g/mol. The third-order valence-electron chi connectivity index (χ3n) is 5.17. The molecule has 2 unspecified atom stereocenters. The normalized spacial score (nSPS) is 19.2. The van der Waals surface area contributed by atoms with Gasteiger partial charge in [0.1, 0.15) is 11.9 Å². The lowest BCUT2D eigenvalue weighted by atomic mass is 9.94. The number of carbonyl (C=O) groups excluding carboxylic acids is 1. The maximum Gasteiger partial charge on any atom is 0.333 e. The molecule has 1 fully saturated rings. The van der Waals surface area contributed by atoms with E-state index in [1.165, 1.54) is 5.56 Å². The molecule has 2 atom stereocenters. The summed E-state index contributed by atoms with van der Waals surface area (Å²) in [6, 6.07) is 13.8. The average molecular weight is 380 g/mol. The first-order valence-electron chi connectivity index (χ1n) is 9.81. The molecule has 1 aliphatic rings. The van der Waals surface area contributed by atoms with Gasteiger partial charge in [-0.1, -0.05) is 48.9 Å². The van der Waals surface area contributed by atoms with Gasteiger partial charge in [0.15, 0.2) is 0 Å². The lowest BCUT2D eigenvalue weighted by molar-refractivity contribution is -0.157. The van der Waals surface area contributed by atoms with Gasteiger partial charge in [-0.05, 0) is 56.4 Å². The van der Waals surface area contributed by atoms with E-state index in [-0.39, 0.29) is 30.5 Å². The van der Waals surface area contributed by atoms with Crippen molar-refractivity contribution in [2.45, 2.75) is 58.3 Å². The minimum absolute atomic E-state index is 0.167. The maximum absolute atomic E-state index is 11.9. The Morgan fingerprint density at radius 1 is 1.07 bits per heavy atom. The van der Waals surface area contributed by atoms with Gasteiger partial charge in [-0.25, -0.2) is 4.79 Å². The second-order valence-electron chi connectivity index (χ2n) is 7.57. The fourth-order valence-electron chi connectivity index (χ4n) is 3.45. The molecule has 0 spiro atoms. The molecule has 28 heavy (non-hydrogen) atoms. The van der Waals surface area contributed by atoms with Crippen LogP contribution in [0, 0.1) is 6.92 Å². The fraction of sp³-hybridized carbons (Fsp3) is 0.375. The van der Waals surface area contributed by atoms with Crippen molar-refractivity contribution >= 4 is 5.97 Å². The van der Waals surface area contributed by atoms with Crippen molar-refractivity contribution < 1.29 is 19.4 Å². The first-order chi connectivity index (χ1) is 13.4. The number of phenols is 1. The number of aryl methyl sites for hydroxylation is 1. The van der Waals surface area contributed by atoms with E-state index in [9.17, 15) is 9.90 Å². The van der Waals surface area contributed by atoms with E-state index in [1.807, 2.05) is 12.1 Å². The summed E-state index contributed by atoms with van der Waals surface area (Å²) in [5.41, 5.74) is 4.46. The maximum atomic E-state index is 11.9. The van der Waals surface area contributed by atoms with E-state index in [1.54, 1.807) is 13.0 Å². The molecule has 1 saturated carbocycles. The molecule has 0 bridgehead atoms. The van der Waals surface area contributed by atoms with Crippen LogP contribution in [0.2, 0.25) is 0 Å². The van der Waals surface area contributed by atoms with Crippen molar-refractivity contribution in [2.75, 3.05) is 0 Å². The zero-order valence-electron chi connectivity index (χ0n) is 16.6. The second kappa shape index (κ2) is 9.07. The molecule has 0 aliphatic heterocycles. The van der Waals surface area contributed by atoms with Gasteiger partial charge in [-0.15, -0.1) is 0 Å². The fourth-order valence-corrected chi connectivity index (χ4v) is 3.45. The zero-order chi connectivity index (χ0) is 20.1. The van der Waals surface area contributed by atoms with Crippen LogP contribution < -0.4 is 0 Å². The minimum Gasteiger partial charge on any atom is -0.508 e. The lowest BCUT2D eigenvalue weighted by Crippen LogP contribution is -2.36. The number of rotatable bonds is 6. The Hall–Kier alpha value is -2.59. The number of ether oxygens (including phenoxy) is 2. The summed E-state index contributed by atoms with van der Waals surface area (Å²) >= 11 is 0. The van der Waals surface area contributed by atoms with Crippen LogP contribution in [0.15, 0.2) is 54.6 Å². The van der Waals surface area contributed by atoms with Crippen molar-refractivity contribution in [3.05, 3.63) is 65.7 Å². The highest BCUT2D eigenvalue weighted by atomic mass is 16.6. The van der Waals surface area contributed by atoms with E-state index in [0.29, 0.717) is 5.57 Å². The molecule has 148 valence electrons. The van der Waals surface area contributed by atoms with Crippen LogP contribution in [-0.2, 0) is 20.9 Å². The first kappa shape index (κ1) is 20.2. The predicted molar refractivity (Wildman–Crippen MR) is 110 cm³/mol. The first-order valence-corrected chi connectivity index (χ1v) is 9.81. The van der Waals surface area contributed by atoms with Crippen LogP contribution in [0.5, 0.6) is 5.75 Å². The molecule has 2 aromatic carbocycles. The standard InChI is InChI=1S/C24H28O4/c1-16(2)24(26)28-23-7-5-4-6-22(23)27-15-20-14-19(12-13-21(20)25)18-10-8-17(3)9-11-18/h8-14,22-23,25H,1,4-7,15H2,2-3H3. The Balaban J connectivity index is 1.70. The van der Waals surface area contributed by atoms with Gasteiger partial charge in [-0.3, -0.25) is 0 Å². The molecule has 1 aliphatic carbocycles. The van der Waals surface area contributed by atoms with E-state index in [2.05, 4.69) is 37.8 Å². The van der Waals surface area contributed by atoms with E-state index < -0.39 is 0 Å². The summed E-state index contributed by atoms with van der Waals surface area (Å²) in [5.74, 6) is -0.160.